The number of para-hydroxylation sites is 2. The minimum Gasteiger partial charge on any atom is -0.436 e. The normalized spacial score (nSPS) is 12.1. The molecular formula is C34H19N3OS. The van der Waals surface area contributed by atoms with Gasteiger partial charge in [-0.25, -0.2) is 9.97 Å². The molecule has 0 spiro atoms. The number of benzene rings is 5. The summed E-state index contributed by atoms with van der Waals surface area (Å²) >= 11 is 1.84. The fraction of sp³-hybridized carbons (Fsp3) is 0. The van der Waals surface area contributed by atoms with E-state index in [0.29, 0.717) is 5.71 Å². The van der Waals surface area contributed by atoms with Crippen LogP contribution in [0.3, 0.4) is 0 Å². The van der Waals surface area contributed by atoms with Crippen LogP contribution in [0.5, 0.6) is 0 Å². The van der Waals surface area contributed by atoms with E-state index in [9.17, 15) is 0 Å². The van der Waals surface area contributed by atoms with Crippen LogP contribution in [-0.2, 0) is 0 Å². The van der Waals surface area contributed by atoms with Crippen LogP contribution >= 0.6 is 11.3 Å². The summed E-state index contributed by atoms with van der Waals surface area (Å²) in [4.78, 5) is 10.4. The van der Waals surface area contributed by atoms with Crippen molar-refractivity contribution in [1.29, 1.82) is 0 Å². The molecule has 0 aliphatic carbocycles. The molecule has 0 fully saturated rings. The lowest BCUT2D eigenvalue weighted by atomic mass is 10.1. The van der Waals surface area contributed by atoms with Crippen molar-refractivity contribution in [2.24, 2.45) is 0 Å². The maximum absolute atomic E-state index is 6.18. The van der Waals surface area contributed by atoms with Gasteiger partial charge in [0.05, 0.1) is 11.0 Å². The van der Waals surface area contributed by atoms with Crippen LogP contribution in [0.1, 0.15) is 0 Å². The second-order valence-electron chi connectivity index (χ2n) is 9.80. The Kier molecular flexibility index (Phi) is 4.18. The molecule has 0 saturated heterocycles. The average molecular weight is 518 g/mol. The van der Waals surface area contributed by atoms with Gasteiger partial charge >= 0.3 is 0 Å². The Balaban J connectivity index is 1.50. The van der Waals surface area contributed by atoms with Gasteiger partial charge in [0.1, 0.15) is 16.8 Å². The van der Waals surface area contributed by atoms with E-state index in [1.165, 1.54) is 30.9 Å². The predicted molar refractivity (Wildman–Crippen MR) is 162 cm³/mol. The number of hydrogen-bond donors (Lipinski definition) is 0. The highest BCUT2D eigenvalue weighted by molar-refractivity contribution is 7.26. The maximum Gasteiger partial charge on any atom is 0.247 e. The Labute approximate surface area is 226 Å². The average Bonchev–Trinajstić information content (AvgIpc) is 3.65. The Morgan fingerprint density at radius 2 is 1.31 bits per heavy atom. The first-order valence-electron chi connectivity index (χ1n) is 12.9. The molecule has 0 atom stereocenters. The number of rotatable bonds is 2. The molecule has 0 aliphatic heterocycles. The van der Waals surface area contributed by atoms with E-state index in [1.54, 1.807) is 0 Å². The van der Waals surface area contributed by atoms with Gasteiger partial charge in [-0.15, -0.1) is 11.3 Å². The molecule has 9 rings (SSSR count). The van der Waals surface area contributed by atoms with E-state index < -0.39 is 0 Å². The number of hydrogen-bond acceptors (Lipinski definition) is 4. The molecule has 39 heavy (non-hydrogen) atoms. The quantitative estimate of drug-likeness (QED) is 0.229. The fourth-order valence-corrected chi connectivity index (χ4v) is 7.08. The van der Waals surface area contributed by atoms with Gasteiger partial charge < -0.3 is 4.42 Å². The van der Waals surface area contributed by atoms with Crippen LogP contribution in [0.4, 0.5) is 0 Å². The molecule has 0 amide bonds. The molecule has 4 heterocycles. The van der Waals surface area contributed by atoms with Crippen molar-refractivity contribution in [3.8, 4) is 17.1 Å². The Hall–Kier alpha value is -5.00. The minimum absolute atomic E-state index is 0.547. The monoisotopic (exact) mass is 517 g/mol. The van der Waals surface area contributed by atoms with Crippen molar-refractivity contribution in [2.45, 2.75) is 0 Å². The van der Waals surface area contributed by atoms with E-state index in [2.05, 4.69) is 83.4 Å². The molecule has 4 aromatic heterocycles. The summed E-state index contributed by atoms with van der Waals surface area (Å²) in [7, 11) is 0. The molecule has 4 nitrogen and oxygen atoms in total. The summed E-state index contributed by atoms with van der Waals surface area (Å²) in [5.41, 5.74) is 6.12. The Bertz CT molecular complexity index is 2400. The maximum atomic E-state index is 6.18. The largest absolute Gasteiger partial charge is 0.436 e. The molecular weight excluding hydrogens is 498 g/mol. The number of nitrogens with zero attached hydrogens (tertiary/aromatic N) is 3. The Morgan fingerprint density at radius 3 is 2.21 bits per heavy atom. The van der Waals surface area contributed by atoms with E-state index in [1.807, 2.05) is 47.7 Å². The van der Waals surface area contributed by atoms with Crippen LogP contribution in [0, 0.1) is 0 Å². The molecule has 0 N–H and O–H groups in total. The lowest BCUT2D eigenvalue weighted by molar-refractivity contribution is 0.653. The first kappa shape index (κ1) is 21.0. The summed E-state index contributed by atoms with van der Waals surface area (Å²) < 4.78 is 11.0. The smallest absolute Gasteiger partial charge is 0.247 e. The number of fused-ring (bicyclic) bond motifs is 10. The first-order valence-corrected chi connectivity index (χ1v) is 13.8. The SMILES string of the molecule is c1ccc(-c2nc3oc4ccccc4c3nc2-n2c3ccccc3c3c4c(ccc32)sc2ccccc24)cc1. The van der Waals surface area contributed by atoms with Gasteiger partial charge in [-0.3, -0.25) is 4.57 Å². The van der Waals surface area contributed by atoms with Gasteiger partial charge in [-0.1, -0.05) is 78.9 Å². The third kappa shape index (κ3) is 2.88. The second kappa shape index (κ2) is 7.76. The molecule has 0 bridgehead atoms. The topological polar surface area (TPSA) is 43.9 Å². The van der Waals surface area contributed by atoms with Gasteiger partial charge in [0.25, 0.3) is 0 Å². The highest BCUT2D eigenvalue weighted by Crippen LogP contribution is 2.44. The standard InChI is InChI=1S/C34H19N3OS/c1-2-10-20(11-3-1)31-33(35-32-22-13-5-8-16-26(22)38-34(32)36-31)37-24-15-7-4-12-21(24)29-25(37)18-19-28-30(29)23-14-6-9-17-27(23)39-28/h1-19H. The highest BCUT2D eigenvalue weighted by Gasteiger charge is 2.23. The van der Waals surface area contributed by atoms with E-state index in [-0.39, 0.29) is 0 Å². The predicted octanol–water partition coefficient (Wildman–Crippen LogP) is 9.51. The lowest BCUT2D eigenvalue weighted by Gasteiger charge is -2.12. The molecule has 0 radical (unpaired) electrons. The van der Waals surface area contributed by atoms with Gasteiger partial charge in [0, 0.05) is 41.9 Å². The van der Waals surface area contributed by atoms with Crippen LogP contribution in [0.25, 0.3) is 81.3 Å². The molecule has 0 aliphatic rings. The zero-order valence-electron chi connectivity index (χ0n) is 20.6. The van der Waals surface area contributed by atoms with E-state index >= 15 is 0 Å². The summed E-state index contributed by atoms with van der Waals surface area (Å²) in [6, 6.07) is 40.1. The van der Waals surface area contributed by atoms with Gasteiger partial charge in [-0.05, 0) is 36.4 Å². The first-order chi connectivity index (χ1) is 19.3. The second-order valence-corrected chi connectivity index (χ2v) is 10.9. The van der Waals surface area contributed by atoms with Crippen molar-refractivity contribution in [3.05, 3.63) is 115 Å². The van der Waals surface area contributed by atoms with Crippen molar-refractivity contribution in [3.63, 3.8) is 0 Å². The van der Waals surface area contributed by atoms with Crippen molar-refractivity contribution < 1.29 is 4.42 Å². The van der Waals surface area contributed by atoms with Crippen molar-refractivity contribution in [1.82, 2.24) is 14.5 Å². The molecule has 0 unspecified atom stereocenters. The molecule has 0 saturated carbocycles. The zero-order chi connectivity index (χ0) is 25.5. The van der Waals surface area contributed by atoms with Crippen LogP contribution in [-0.4, -0.2) is 14.5 Å². The van der Waals surface area contributed by atoms with Crippen LogP contribution in [0.15, 0.2) is 120 Å². The van der Waals surface area contributed by atoms with Crippen LogP contribution < -0.4 is 0 Å². The summed E-state index contributed by atoms with van der Waals surface area (Å²) in [6.45, 7) is 0. The molecule has 182 valence electrons. The summed E-state index contributed by atoms with van der Waals surface area (Å²) in [5, 5.41) is 6.01. The van der Waals surface area contributed by atoms with Gasteiger partial charge in [-0.2, -0.15) is 0 Å². The molecule has 5 aromatic carbocycles. The molecule has 5 heteroatoms. The third-order valence-corrected chi connectivity index (χ3v) is 8.77. The minimum atomic E-state index is 0.547. The lowest BCUT2D eigenvalue weighted by Crippen LogP contribution is -2.03. The highest BCUT2D eigenvalue weighted by atomic mass is 32.1. The van der Waals surface area contributed by atoms with Crippen LogP contribution in [0.2, 0.25) is 0 Å². The molecule has 9 aromatic rings. The third-order valence-electron chi connectivity index (χ3n) is 7.63. The summed E-state index contributed by atoms with van der Waals surface area (Å²) in [5.74, 6) is 0.797. The fourth-order valence-electron chi connectivity index (χ4n) is 5.96. The number of aromatic nitrogens is 3. The van der Waals surface area contributed by atoms with E-state index in [0.717, 1.165) is 44.6 Å². The van der Waals surface area contributed by atoms with Gasteiger partial charge in [0.15, 0.2) is 5.82 Å². The van der Waals surface area contributed by atoms with Crippen molar-refractivity contribution >= 4 is 75.5 Å². The Morgan fingerprint density at radius 1 is 0.564 bits per heavy atom. The van der Waals surface area contributed by atoms with E-state index in [4.69, 9.17) is 14.4 Å². The van der Waals surface area contributed by atoms with Gasteiger partial charge in [0.2, 0.25) is 5.71 Å². The number of furan rings is 1. The van der Waals surface area contributed by atoms with Crippen molar-refractivity contribution in [2.75, 3.05) is 0 Å². The summed E-state index contributed by atoms with van der Waals surface area (Å²) in [6.07, 6.45) is 0. The number of thiophene rings is 1. The zero-order valence-corrected chi connectivity index (χ0v) is 21.4.